The molecule has 0 N–H and O–H groups in total. The van der Waals surface area contributed by atoms with Crippen LogP contribution in [0.3, 0.4) is 0 Å². The van der Waals surface area contributed by atoms with Crippen molar-refractivity contribution < 1.29 is 0 Å². The fraction of sp³-hybridized carbons (Fsp3) is 0. The molecule has 10 nitrogen and oxygen atoms in total. The lowest BCUT2D eigenvalue weighted by Crippen LogP contribution is -2.06. The SMILES string of the molecule is c1ccc(-c2ccc(-n3c4ccccc4c4cc5c(cc43)c3ccccc3n5-c3nc(-c4ccccc4)nc(-c4ccc(-c5ccc(-c6ccc(-c7nc(-c8ccccc8)nc(-n8c9ccccc9c9cc%10c(cc98)c8ccccc8n%10-c8ccccc8)n7)cc6)cc5)cc4)n3)cc2)cc1. The van der Waals surface area contributed by atoms with Gasteiger partial charge < -0.3 is 9.13 Å². The lowest BCUT2D eigenvalue weighted by atomic mass is 9.99. The van der Waals surface area contributed by atoms with Crippen molar-refractivity contribution in [2.45, 2.75) is 0 Å². The van der Waals surface area contributed by atoms with Crippen LogP contribution >= 0.6 is 0 Å². The Balaban J connectivity index is 0.631. The minimum atomic E-state index is 0.544. The van der Waals surface area contributed by atoms with E-state index in [1.54, 1.807) is 0 Å². The molecule has 10 heteroatoms. The molecule has 466 valence electrons. The van der Waals surface area contributed by atoms with Gasteiger partial charge in [-0.3, -0.25) is 9.13 Å². The second-order valence-electron chi connectivity index (χ2n) is 25.5. The average molecular weight is 1280 g/mol. The second-order valence-corrected chi connectivity index (χ2v) is 25.5. The summed E-state index contributed by atoms with van der Waals surface area (Å²) in [5, 5.41) is 9.10. The van der Waals surface area contributed by atoms with Gasteiger partial charge in [0.1, 0.15) is 0 Å². The van der Waals surface area contributed by atoms with E-state index in [2.05, 4.69) is 322 Å². The maximum absolute atomic E-state index is 5.38. The normalized spacial score (nSPS) is 11.8. The highest BCUT2D eigenvalue weighted by molar-refractivity contribution is 6.20. The van der Waals surface area contributed by atoms with E-state index in [1.807, 2.05) is 36.4 Å². The van der Waals surface area contributed by atoms with Gasteiger partial charge in [-0.15, -0.1) is 0 Å². The van der Waals surface area contributed by atoms with Crippen LogP contribution in [0.25, 0.3) is 189 Å². The number of hydrogen-bond donors (Lipinski definition) is 0. The molecule has 20 aromatic rings. The highest BCUT2D eigenvalue weighted by Gasteiger charge is 2.24. The second kappa shape index (κ2) is 23.0. The van der Waals surface area contributed by atoms with Gasteiger partial charge in [0.05, 0.1) is 44.1 Å². The van der Waals surface area contributed by atoms with E-state index >= 15 is 0 Å². The van der Waals surface area contributed by atoms with Crippen molar-refractivity contribution in [2.24, 2.45) is 0 Å². The minimum absolute atomic E-state index is 0.544. The van der Waals surface area contributed by atoms with Gasteiger partial charge in [-0.25, -0.2) is 9.97 Å². The molecule has 0 bridgehead atoms. The van der Waals surface area contributed by atoms with Crippen molar-refractivity contribution in [3.63, 3.8) is 0 Å². The van der Waals surface area contributed by atoms with Gasteiger partial charge in [0.2, 0.25) is 11.9 Å². The molecule has 0 aliphatic heterocycles. The van der Waals surface area contributed by atoms with E-state index in [0.29, 0.717) is 35.2 Å². The molecule has 0 atom stereocenters. The lowest BCUT2D eigenvalue weighted by molar-refractivity contribution is 0.953. The summed E-state index contributed by atoms with van der Waals surface area (Å²) in [7, 11) is 0. The van der Waals surface area contributed by atoms with Crippen molar-refractivity contribution in [1.29, 1.82) is 0 Å². The van der Waals surface area contributed by atoms with Crippen LogP contribution < -0.4 is 0 Å². The Morgan fingerprint density at radius 3 is 0.700 bits per heavy atom. The molecule has 0 spiro atoms. The van der Waals surface area contributed by atoms with Crippen LogP contribution in [0.5, 0.6) is 0 Å². The van der Waals surface area contributed by atoms with Crippen LogP contribution in [0, 0.1) is 0 Å². The highest BCUT2D eigenvalue weighted by Crippen LogP contribution is 2.43. The van der Waals surface area contributed by atoms with E-state index in [4.69, 9.17) is 29.9 Å². The van der Waals surface area contributed by atoms with Crippen molar-refractivity contribution in [1.82, 2.24) is 48.2 Å². The van der Waals surface area contributed by atoms with E-state index in [-0.39, 0.29) is 0 Å². The molecule has 0 saturated carbocycles. The predicted octanol–water partition coefficient (Wildman–Crippen LogP) is 22.1. The van der Waals surface area contributed by atoms with E-state index < -0.39 is 0 Å². The van der Waals surface area contributed by atoms with Crippen LogP contribution in [0.1, 0.15) is 0 Å². The first-order chi connectivity index (χ1) is 49.6. The topological polar surface area (TPSA) is 97.1 Å². The zero-order valence-electron chi connectivity index (χ0n) is 53.8. The van der Waals surface area contributed by atoms with Gasteiger partial charge in [0.25, 0.3) is 0 Å². The molecule has 0 saturated heterocycles. The van der Waals surface area contributed by atoms with E-state index in [1.165, 1.54) is 21.9 Å². The highest BCUT2D eigenvalue weighted by atomic mass is 15.2. The summed E-state index contributed by atoms with van der Waals surface area (Å²) in [5.74, 6) is 3.45. The molecular weight excluding hydrogens is 1220 g/mol. The average Bonchev–Trinajstić information content (AvgIpc) is 1.56. The molecule has 0 unspecified atom stereocenters. The Kier molecular flexibility index (Phi) is 13.0. The molecule has 0 amide bonds. The zero-order valence-corrected chi connectivity index (χ0v) is 53.8. The summed E-state index contributed by atoms with van der Waals surface area (Å²) in [4.78, 5) is 31.7. The standard InChI is InChI=1S/C90H56N10/c1-5-21-57(22-6-1)62-49-51-68(52-50-62)98-78-34-18-14-30-70(78)74-56-84-76(54-82(74)98)72-32-16-20-36-80(72)100(84)90-94-86(64-25-9-3-10-26-64)92-88(96-90)66-47-43-61(44-48-66)59-39-37-58(38-40-59)60-41-45-65(46-42-60)87-91-85(63-23-7-2-8-24-63)93-89(95-87)99-79-35-19-15-31-71(79)75-53-81-73(55-83(75)99)69-29-13-17-33-77(69)97(81)67-27-11-4-12-28-67/h1-56H. The fourth-order valence-electron chi connectivity index (χ4n) is 15.0. The maximum Gasteiger partial charge on any atom is 0.238 e. The van der Waals surface area contributed by atoms with Gasteiger partial charge in [0.15, 0.2) is 23.3 Å². The van der Waals surface area contributed by atoms with E-state index in [0.717, 1.165) is 132 Å². The molecular formula is C90H56N10. The molecule has 0 aliphatic rings. The third-order valence-electron chi connectivity index (χ3n) is 19.7. The number of aromatic nitrogens is 10. The lowest BCUT2D eigenvalue weighted by Gasteiger charge is -2.12. The summed E-state index contributed by atoms with van der Waals surface area (Å²) in [6.07, 6.45) is 0. The van der Waals surface area contributed by atoms with Gasteiger partial charge in [-0.2, -0.15) is 19.9 Å². The number of nitrogens with zero attached hydrogens (tertiary/aromatic N) is 10. The zero-order chi connectivity index (χ0) is 65.8. The molecule has 0 aliphatic carbocycles. The van der Waals surface area contributed by atoms with Crippen LogP contribution in [0.2, 0.25) is 0 Å². The molecule has 14 aromatic carbocycles. The molecule has 6 aromatic heterocycles. The summed E-state index contributed by atoms with van der Waals surface area (Å²) in [6.45, 7) is 0. The Morgan fingerprint density at radius 2 is 0.370 bits per heavy atom. The van der Waals surface area contributed by atoms with Crippen molar-refractivity contribution in [2.75, 3.05) is 0 Å². The first-order valence-corrected chi connectivity index (χ1v) is 33.7. The maximum atomic E-state index is 5.38. The number of benzene rings is 14. The third-order valence-corrected chi connectivity index (χ3v) is 19.7. The first kappa shape index (κ1) is 56.6. The number of rotatable bonds is 11. The largest absolute Gasteiger partial charge is 0.309 e. The fourth-order valence-corrected chi connectivity index (χ4v) is 15.0. The van der Waals surface area contributed by atoms with Crippen LogP contribution in [-0.2, 0) is 0 Å². The van der Waals surface area contributed by atoms with Crippen molar-refractivity contribution in [3.05, 3.63) is 340 Å². The Labute approximate surface area is 574 Å². The Bertz CT molecular complexity index is 6580. The van der Waals surface area contributed by atoms with Crippen LogP contribution in [-0.4, -0.2) is 48.2 Å². The quantitative estimate of drug-likeness (QED) is 0.128. The van der Waals surface area contributed by atoms with Gasteiger partial charge in [-0.05, 0) is 106 Å². The molecule has 0 fully saturated rings. The van der Waals surface area contributed by atoms with Gasteiger partial charge in [0, 0.05) is 76.7 Å². The van der Waals surface area contributed by atoms with Crippen LogP contribution in [0.15, 0.2) is 340 Å². The summed E-state index contributed by atoms with van der Waals surface area (Å²) < 4.78 is 9.19. The van der Waals surface area contributed by atoms with Crippen LogP contribution in [0.4, 0.5) is 0 Å². The third kappa shape index (κ3) is 9.34. The molecule has 0 radical (unpaired) electrons. The van der Waals surface area contributed by atoms with Crippen molar-refractivity contribution >= 4 is 87.2 Å². The summed E-state index contributed by atoms with van der Waals surface area (Å²) in [5.41, 5.74) is 21.1. The summed E-state index contributed by atoms with van der Waals surface area (Å²) in [6, 6.07) is 120. The number of fused-ring (bicyclic) bond motifs is 12. The molecule has 20 rings (SSSR count). The monoisotopic (exact) mass is 1280 g/mol. The first-order valence-electron chi connectivity index (χ1n) is 33.7. The van der Waals surface area contributed by atoms with Gasteiger partial charge >= 0.3 is 0 Å². The molecule has 100 heavy (non-hydrogen) atoms. The Hall–Kier alpha value is -13.7. The van der Waals surface area contributed by atoms with Gasteiger partial charge in [-0.1, -0.05) is 267 Å². The smallest absolute Gasteiger partial charge is 0.238 e. The number of hydrogen-bond acceptors (Lipinski definition) is 6. The minimum Gasteiger partial charge on any atom is -0.309 e. The Morgan fingerprint density at radius 1 is 0.150 bits per heavy atom. The summed E-state index contributed by atoms with van der Waals surface area (Å²) >= 11 is 0. The van der Waals surface area contributed by atoms with E-state index in [9.17, 15) is 0 Å². The molecule has 6 heterocycles. The number of para-hydroxylation sites is 5. The van der Waals surface area contributed by atoms with Crippen molar-refractivity contribution in [3.8, 4) is 102 Å². The predicted molar refractivity (Wildman–Crippen MR) is 409 cm³/mol.